The number of nitrogens with zero attached hydrogens (tertiary/aromatic N) is 1. The van der Waals surface area contributed by atoms with Crippen molar-refractivity contribution < 1.29 is 9.53 Å². The van der Waals surface area contributed by atoms with Gasteiger partial charge in [0.15, 0.2) is 0 Å². The summed E-state index contributed by atoms with van der Waals surface area (Å²) < 4.78 is 6.41. The molecule has 1 fully saturated rings. The number of rotatable bonds is 4. The zero-order chi connectivity index (χ0) is 19.6. The summed E-state index contributed by atoms with van der Waals surface area (Å²) in [6.07, 6.45) is 2.63. The lowest BCUT2D eigenvalue weighted by Gasteiger charge is -2.44. The second kappa shape index (κ2) is 7.84. The Morgan fingerprint density at radius 1 is 1.14 bits per heavy atom. The highest BCUT2D eigenvalue weighted by Gasteiger charge is 2.43. The SMILES string of the molecule is CN(C)c1ccc(CNC(=O)C2CC3(CCNCC3)Oc3ccccc32)cc1. The summed E-state index contributed by atoms with van der Waals surface area (Å²) in [6, 6.07) is 16.3. The molecule has 0 saturated carbocycles. The number of piperidine rings is 1. The van der Waals surface area contributed by atoms with Crippen LogP contribution in [0.3, 0.4) is 0 Å². The molecule has 4 rings (SSSR count). The Morgan fingerprint density at radius 2 is 1.86 bits per heavy atom. The van der Waals surface area contributed by atoms with Crippen LogP contribution in [0, 0.1) is 0 Å². The van der Waals surface area contributed by atoms with Gasteiger partial charge in [0, 0.05) is 38.3 Å². The van der Waals surface area contributed by atoms with E-state index >= 15 is 0 Å². The van der Waals surface area contributed by atoms with Crippen LogP contribution < -0.4 is 20.3 Å². The minimum atomic E-state index is -0.227. The van der Waals surface area contributed by atoms with E-state index < -0.39 is 0 Å². The predicted molar refractivity (Wildman–Crippen MR) is 112 cm³/mol. The third kappa shape index (κ3) is 3.85. The molecular weight excluding hydrogens is 350 g/mol. The Balaban J connectivity index is 1.49. The molecule has 0 aliphatic carbocycles. The van der Waals surface area contributed by atoms with E-state index in [0.717, 1.165) is 54.9 Å². The first-order valence-corrected chi connectivity index (χ1v) is 10.1. The van der Waals surface area contributed by atoms with E-state index in [2.05, 4.69) is 39.8 Å². The van der Waals surface area contributed by atoms with Crippen LogP contribution in [0.4, 0.5) is 5.69 Å². The molecule has 1 atom stereocenters. The van der Waals surface area contributed by atoms with Gasteiger partial charge in [-0.1, -0.05) is 30.3 Å². The second-order valence-electron chi connectivity index (χ2n) is 8.11. The van der Waals surface area contributed by atoms with Crippen molar-refractivity contribution >= 4 is 11.6 Å². The fraction of sp³-hybridized carbons (Fsp3) is 0.435. The van der Waals surface area contributed by atoms with Crippen molar-refractivity contribution in [2.75, 3.05) is 32.1 Å². The smallest absolute Gasteiger partial charge is 0.228 e. The summed E-state index contributed by atoms with van der Waals surface area (Å²) in [6.45, 7) is 2.42. The number of anilines is 1. The molecule has 148 valence electrons. The number of carbonyl (C=O) groups excluding carboxylic acids is 1. The van der Waals surface area contributed by atoms with Crippen LogP contribution in [0.15, 0.2) is 48.5 Å². The number of hydrogen-bond donors (Lipinski definition) is 2. The van der Waals surface area contributed by atoms with Crippen molar-refractivity contribution in [1.82, 2.24) is 10.6 Å². The van der Waals surface area contributed by atoms with Gasteiger partial charge in [0.25, 0.3) is 0 Å². The molecule has 2 aliphatic heterocycles. The summed E-state index contributed by atoms with van der Waals surface area (Å²) in [5.41, 5.74) is 3.04. The van der Waals surface area contributed by atoms with E-state index in [1.807, 2.05) is 38.4 Å². The Bertz CT molecular complexity index is 826. The third-order valence-corrected chi connectivity index (χ3v) is 5.95. The van der Waals surface area contributed by atoms with Crippen molar-refractivity contribution in [3.05, 3.63) is 59.7 Å². The molecule has 2 aromatic rings. The first kappa shape index (κ1) is 18.8. The number of carbonyl (C=O) groups is 1. The molecule has 0 radical (unpaired) electrons. The van der Waals surface area contributed by atoms with Crippen LogP contribution in [-0.4, -0.2) is 38.7 Å². The van der Waals surface area contributed by atoms with Crippen molar-refractivity contribution in [2.24, 2.45) is 0 Å². The lowest BCUT2D eigenvalue weighted by atomic mass is 9.77. The molecular formula is C23H29N3O2. The van der Waals surface area contributed by atoms with E-state index in [9.17, 15) is 4.79 Å². The second-order valence-corrected chi connectivity index (χ2v) is 8.11. The van der Waals surface area contributed by atoms with Crippen molar-refractivity contribution in [2.45, 2.75) is 37.3 Å². The molecule has 1 unspecified atom stereocenters. The van der Waals surface area contributed by atoms with Crippen LogP contribution in [0.25, 0.3) is 0 Å². The van der Waals surface area contributed by atoms with Crippen LogP contribution in [0.1, 0.15) is 36.3 Å². The van der Waals surface area contributed by atoms with E-state index in [1.165, 1.54) is 0 Å². The minimum absolute atomic E-state index is 0.0883. The van der Waals surface area contributed by atoms with E-state index in [-0.39, 0.29) is 17.4 Å². The van der Waals surface area contributed by atoms with Gasteiger partial charge in [0.2, 0.25) is 5.91 Å². The van der Waals surface area contributed by atoms with Gasteiger partial charge in [0.05, 0.1) is 5.92 Å². The van der Waals surface area contributed by atoms with Crippen LogP contribution in [-0.2, 0) is 11.3 Å². The molecule has 0 bridgehead atoms. The van der Waals surface area contributed by atoms with Crippen LogP contribution in [0.5, 0.6) is 5.75 Å². The summed E-state index contributed by atoms with van der Waals surface area (Å²) >= 11 is 0. The first-order valence-electron chi connectivity index (χ1n) is 10.1. The molecule has 1 spiro atoms. The highest BCUT2D eigenvalue weighted by atomic mass is 16.5. The molecule has 2 heterocycles. The fourth-order valence-electron chi connectivity index (χ4n) is 4.27. The van der Waals surface area contributed by atoms with Crippen molar-refractivity contribution in [3.8, 4) is 5.75 Å². The summed E-state index contributed by atoms with van der Waals surface area (Å²) in [5.74, 6) is 0.792. The number of ether oxygens (including phenoxy) is 1. The van der Waals surface area contributed by atoms with E-state index in [4.69, 9.17) is 4.74 Å². The molecule has 2 aliphatic rings. The van der Waals surface area contributed by atoms with E-state index in [0.29, 0.717) is 6.54 Å². The summed E-state index contributed by atoms with van der Waals surface area (Å²) in [4.78, 5) is 15.2. The molecule has 2 aromatic carbocycles. The molecule has 5 nitrogen and oxygen atoms in total. The van der Waals surface area contributed by atoms with Gasteiger partial charge in [-0.05, 0) is 49.7 Å². The highest BCUT2D eigenvalue weighted by molar-refractivity contribution is 5.85. The zero-order valence-corrected chi connectivity index (χ0v) is 16.7. The topological polar surface area (TPSA) is 53.6 Å². The maximum Gasteiger partial charge on any atom is 0.228 e. The Morgan fingerprint density at radius 3 is 2.57 bits per heavy atom. The predicted octanol–water partition coefficient (Wildman–Crippen LogP) is 3.06. The fourth-order valence-corrected chi connectivity index (χ4v) is 4.27. The Hall–Kier alpha value is -2.53. The Labute approximate surface area is 167 Å². The van der Waals surface area contributed by atoms with Gasteiger partial charge < -0.3 is 20.3 Å². The normalized spacial score (nSPS) is 20.1. The maximum absolute atomic E-state index is 13.1. The molecule has 1 saturated heterocycles. The quantitative estimate of drug-likeness (QED) is 0.857. The first-order chi connectivity index (χ1) is 13.6. The van der Waals surface area contributed by atoms with Gasteiger partial charge in [-0.3, -0.25) is 4.79 Å². The lowest BCUT2D eigenvalue weighted by Crippen LogP contribution is -2.50. The number of benzene rings is 2. The number of para-hydroxylation sites is 1. The molecule has 5 heteroatoms. The average Bonchev–Trinajstić information content (AvgIpc) is 2.72. The van der Waals surface area contributed by atoms with Crippen molar-refractivity contribution in [1.29, 1.82) is 0 Å². The van der Waals surface area contributed by atoms with Gasteiger partial charge in [-0.2, -0.15) is 0 Å². The zero-order valence-electron chi connectivity index (χ0n) is 16.7. The van der Waals surface area contributed by atoms with Crippen molar-refractivity contribution in [3.63, 3.8) is 0 Å². The highest BCUT2D eigenvalue weighted by Crippen LogP contribution is 2.44. The van der Waals surface area contributed by atoms with Gasteiger partial charge in [-0.25, -0.2) is 0 Å². The lowest BCUT2D eigenvalue weighted by molar-refractivity contribution is -0.125. The largest absolute Gasteiger partial charge is 0.487 e. The van der Waals surface area contributed by atoms with Gasteiger partial charge in [-0.15, -0.1) is 0 Å². The molecule has 28 heavy (non-hydrogen) atoms. The average molecular weight is 380 g/mol. The monoisotopic (exact) mass is 379 g/mol. The molecule has 0 aromatic heterocycles. The number of nitrogens with one attached hydrogen (secondary N) is 2. The van der Waals surface area contributed by atoms with Crippen LogP contribution >= 0.6 is 0 Å². The molecule has 1 amide bonds. The number of amides is 1. The molecule has 2 N–H and O–H groups in total. The standard InChI is InChI=1S/C23H29N3O2/c1-26(2)18-9-7-17(8-10-18)16-25-22(27)20-15-23(11-13-24-14-12-23)28-21-6-4-3-5-19(20)21/h3-10,20,24H,11-16H2,1-2H3,(H,25,27). The Kier molecular flexibility index (Phi) is 5.27. The van der Waals surface area contributed by atoms with Gasteiger partial charge >= 0.3 is 0 Å². The van der Waals surface area contributed by atoms with Gasteiger partial charge in [0.1, 0.15) is 11.4 Å². The number of hydrogen-bond acceptors (Lipinski definition) is 4. The maximum atomic E-state index is 13.1. The summed E-state index contributed by atoms with van der Waals surface area (Å²) in [5, 5.41) is 6.56. The minimum Gasteiger partial charge on any atom is -0.487 e. The van der Waals surface area contributed by atoms with Crippen LogP contribution in [0.2, 0.25) is 0 Å². The summed E-state index contributed by atoms with van der Waals surface area (Å²) in [7, 11) is 4.05. The van der Waals surface area contributed by atoms with E-state index in [1.54, 1.807) is 0 Å². The third-order valence-electron chi connectivity index (χ3n) is 5.95. The number of fused-ring (bicyclic) bond motifs is 1.